The second-order valence-corrected chi connectivity index (χ2v) is 6.57. The molecule has 1 aliphatic heterocycles. The van der Waals surface area contributed by atoms with Gasteiger partial charge in [-0.15, -0.1) is 0 Å². The maximum absolute atomic E-state index is 12.5. The Balaban J connectivity index is 2.40. The summed E-state index contributed by atoms with van der Waals surface area (Å²) in [4.78, 5) is 11.3. The molecule has 0 aromatic carbocycles. The van der Waals surface area contributed by atoms with E-state index < -0.39 is 15.9 Å². The maximum atomic E-state index is 12.5. The zero-order chi connectivity index (χ0) is 14.2. The fraction of sp³-hybridized carbons (Fsp3) is 0.545. The fourth-order valence-corrected chi connectivity index (χ4v) is 4.19. The van der Waals surface area contributed by atoms with Crippen LogP contribution in [0.25, 0.3) is 0 Å². The Labute approximate surface area is 112 Å². The summed E-state index contributed by atoms with van der Waals surface area (Å²) in [6.07, 6.45) is 2.98. The lowest BCUT2D eigenvalue weighted by atomic mass is 10.2. The number of rotatable bonds is 4. The summed E-state index contributed by atoms with van der Waals surface area (Å²) in [6.45, 7) is 0.764. The Morgan fingerprint density at radius 2 is 2.21 bits per heavy atom. The molecule has 1 aromatic rings. The number of hydrogen-bond acceptors (Lipinski definition) is 4. The van der Waals surface area contributed by atoms with Crippen molar-refractivity contribution < 1.29 is 13.2 Å². The van der Waals surface area contributed by atoms with Gasteiger partial charge < -0.3 is 16.0 Å². The van der Waals surface area contributed by atoms with Crippen LogP contribution in [0.2, 0.25) is 0 Å². The van der Waals surface area contributed by atoms with E-state index in [9.17, 15) is 13.2 Å². The van der Waals surface area contributed by atoms with E-state index in [-0.39, 0.29) is 16.6 Å². The molecule has 1 atom stereocenters. The van der Waals surface area contributed by atoms with Gasteiger partial charge in [0.15, 0.2) is 0 Å². The smallest absolute Gasteiger partial charge is 0.265 e. The van der Waals surface area contributed by atoms with Crippen molar-refractivity contribution in [3.05, 3.63) is 18.0 Å². The highest BCUT2D eigenvalue weighted by atomic mass is 32.2. The zero-order valence-electron chi connectivity index (χ0n) is 10.7. The molecule has 1 saturated heterocycles. The molecule has 4 N–H and O–H groups in total. The average molecular weight is 286 g/mol. The molecule has 1 fully saturated rings. The standard InChI is InChI=1S/C11H18N4O3S/c1-14-7-9(5-10(14)11(13)16)19(17,18)15-4-2-3-8(15)6-12/h5,7-8H,2-4,6,12H2,1H3,(H2,13,16). The van der Waals surface area contributed by atoms with Crippen LogP contribution in [0.15, 0.2) is 17.2 Å². The van der Waals surface area contributed by atoms with Crippen molar-refractivity contribution in [1.82, 2.24) is 8.87 Å². The quantitative estimate of drug-likeness (QED) is 0.757. The van der Waals surface area contributed by atoms with E-state index >= 15 is 0 Å². The number of primary amides is 1. The third-order valence-electron chi connectivity index (χ3n) is 3.43. The lowest BCUT2D eigenvalue weighted by Crippen LogP contribution is -2.39. The summed E-state index contributed by atoms with van der Waals surface area (Å²) in [6, 6.07) is 1.14. The molecule has 19 heavy (non-hydrogen) atoms. The van der Waals surface area contributed by atoms with Crippen LogP contribution in [0.5, 0.6) is 0 Å². The van der Waals surface area contributed by atoms with Crippen LogP contribution >= 0.6 is 0 Å². The molecule has 1 aromatic heterocycles. The van der Waals surface area contributed by atoms with E-state index in [1.54, 1.807) is 7.05 Å². The third kappa shape index (κ3) is 2.38. The van der Waals surface area contributed by atoms with Crippen LogP contribution in [-0.2, 0) is 17.1 Å². The van der Waals surface area contributed by atoms with Crippen LogP contribution in [0.1, 0.15) is 23.3 Å². The SMILES string of the molecule is Cn1cc(S(=O)(=O)N2CCCC2CN)cc1C(N)=O. The molecule has 1 amide bonds. The Morgan fingerprint density at radius 1 is 1.53 bits per heavy atom. The Kier molecular flexibility index (Phi) is 3.66. The minimum absolute atomic E-state index is 0.0872. The van der Waals surface area contributed by atoms with Crippen molar-refractivity contribution in [3.8, 4) is 0 Å². The summed E-state index contributed by atoms with van der Waals surface area (Å²) >= 11 is 0. The maximum Gasteiger partial charge on any atom is 0.265 e. The van der Waals surface area contributed by atoms with Crippen LogP contribution in [0, 0.1) is 0 Å². The highest BCUT2D eigenvalue weighted by Crippen LogP contribution is 2.26. The van der Waals surface area contributed by atoms with Crippen LogP contribution in [0.4, 0.5) is 0 Å². The molecule has 1 unspecified atom stereocenters. The minimum atomic E-state index is -3.61. The molecule has 0 radical (unpaired) electrons. The lowest BCUT2D eigenvalue weighted by molar-refractivity contribution is 0.0992. The van der Waals surface area contributed by atoms with Gasteiger partial charge in [-0.1, -0.05) is 0 Å². The fourth-order valence-electron chi connectivity index (χ4n) is 2.42. The van der Waals surface area contributed by atoms with E-state index in [2.05, 4.69) is 0 Å². The van der Waals surface area contributed by atoms with Crippen molar-refractivity contribution >= 4 is 15.9 Å². The zero-order valence-corrected chi connectivity index (χ0v) is 11.6. The lowest BCUT2D eigenvalue weighted by Gasteiger charge is -2.22. The van der Waals surface area contributed by atoms with Crippen molar-refractivity contribution in [2.24, 2.45) is 18.5 Å². The second kappa shape index (κ2) is 4.95. The van der Waals surface area contributed by atoms with Gasteiger partial charge in [0.25, 0.3) is 5.91 Å². The van der Waals surface area contributed by atoms with Crippen molar-refractivity contribution in [2.75, 3.05) is 13.1 Å². The molecular formula is C11H18N4O3S. The third-order valence-corrected chi connectivity index (χ3v) is 5.35. The topological polar surface area (TPSA) is 111 Å². The van der Waals surface area contributed by atoms with Crippen molar-refractivity contribution in [2.45, 2.75) is 23.8 Å². The molecule has 8 heteroatoms. The molecule has 2 heterocycles. The Morgan fingerprint density at radius 3 is 2.74 bits per heavy atom. The first-order chi connectivity index (χ1) is 8.87. The molecule has 0 aliphatic carbocycles. The number of aromatic nitrogens is 1. The minimum Gasteiger partial charge on any atom is -0.364 e. The van der Waals surface area contributed by atoms with Gasteiger partial charge in [-0.3, -0.25) is 4.79 Å². The summed E-state index contributed by atoms with van der Waals surface area (Å²) in [5, 5.41) is 0. The van der Waals surface area contributed by atoms with Crippen molar-refractivity contribution in [3.63, 3.8) is 0 Å². The van der Waals surface area contributed by atoms with Crippen LogP contribution < -0.4 is 11.5 Å². The number of nitrogens with zero attached hydrogens (tertiary/aromatic N) is 2. The molecule has 0 bridgehead atoms. The molecular weight excluding hydrogens is 268 g/mol. The molecule has 2 rings (SSSR count). The second-order valence-electron chi connectivity index (χ2n) is 4.68. The first kappa shape index (κ1) is 14.0. The number of amides is 1. The number of aryl methyl sites for hydroxylation is 1. The molecule has 1 aliphatic rings. The summed E-state index contributed by atoms with van der Waals surface area (Å²) in [5.74, 6) is -0.652. The van der Waals surface area contributed by atoms with Gasteiger partial charge in [0, 0.05) is 32.4 Å². The van der Waals surface area contributed by atoms with Crippen molar-refractivity contribution in [1.29, 1.82) is 0 Å². The summed E-state index contributed by atoms with van der Waals surface area (Å²) in [5.41, 5.74) is 11.0. The Bertz CT molecular complexity index is 593. The highest BCUT2D eigenvalue weighted by Gasteiger charge is 2.35. The number of carbonyl (C=O) groups excluding carboxylic acids is 1. The van der Waals surface area contributed by atoms with Gasteiger partial charge in [0.05, 0.1) is 0 Å². The first-order valence-corrected chi connectivity index (χ1v) is 7.50. The van der Waals surface area contributed by atoms with E-state index in [4.69, 9.17) is 11.5 Å². The number of nitrogens with two attached hydrogens (primary N) is 2. The Hall–Kier alpha value is -1.38. The largest absolute Gasteiger partial charge is 0.364 e. The summed E-state index contributed by atoms with van der Waals surface area (Å²) < 4.78 is 27.8. The van der Waals surface area contributed by atoms with Gasteiger partial charge in [0.2, 0.25) is 10.0 Å². The number of carbonyl (C=O) groups is 1. The number of hydrogen-bond donors (Lipinski definition) is 2. The predicted octanol–water partition coefficient (Wildman–Crippen LogP) is -0.764. The monoisotopic (exact) mass is 286 g/mol. The highest BCUT2D eigenvalue weighted by molar-refractivity contribution is 7.89. The van der Waals surface area contributed by atoms with Gasteiger partial charge in [-0.2, -0.15) is 4.31 Å². The normalized spacial score (nSPS) is 20.8. The first-order valence-electron chi connectivity index (χ1n) is 6.06. The van der Waals surface area contributed by atoms with Gasteiger partial charge in [-0.25, -0.2) is 8.42 Å². The predicted molar refractivity (Wildman–Crippen MR) is 69.9 cm³/mol. The molecule has 7 nitrogen and oxygen atoms in total. The number of sulfonamides is 1. The average Bonchev–Trinajstić information content (AvgIpc) is 2.94. The molecule has 0 saturated carbocycles. The van der Waals surface area contributed by atoms with E-state index in [1.165, 1.54) is 21.1 Å². The van der Waals surface area contributed by atoms with Gasteiger partial charge >= 0.3 is 0 Å². The van der Waals surface area contributed by atoms with Crippen LogP contribution in [-0.4, -0.2) is 42.3 Å². The van der Waals surface area contributed by atoms with E-state index in [1.807, 2.05) is 0 Å². The van der Waals surface area contributed by atoms with E-state index in [0.717, 1.165) is 12.8 Å². The van der Waals surface area contributed by atoms with Crippen LogP contribution in [0.3, 0.4) is 0 Å². The van der Waals surface area contributed by atoms with Gasteiger partial charge in [-0.05, 0) is 18.9 Å². The molecule has 0 spiro atoms. The summed E-state index contributed by atoms with van der Waals surface area (Å²) in [7, 11) is -2.02. The van der Waals surface area contributed by atoms with E-state index in [0.29, 0.717) is 13.1 Å². The van der Waals surface area contributed by atoms with Gasteiger partial charge in [0.1, 0.15) is 10.6 Å². The molecule has 106 valence electrons.